The largest absolute Gasteiger partial charge is 0.396 e. The number of aromatic nitrogens is 1. The molecule has 4 N–H and O–H groups in total. The first-order valence-corrected chi connectivity index (χ1v) is 7.92. The number of rotatable bonds is 7. The molecule has 1 aromatic carbocycles. The normalized spacial score (nSPS) is 12.6. The zero-order chi connectivity index (χ0) is 16.8. The summed E-state index contributed by atoms with van der Waals surface area (Å²) in [6, 6.07) is 4.32. The number of fused-ring (bicyclic) bond motifs is 1. The van der Waals surface area contributed by atoms with E-state index in [2.05, 4.69) is 15.6 Å². The molecule has 0 aliphatic carbocycles. The summed E-state index contributed by atoms with van der Waals surface area (Å²) in [5, 5.41) is 15.5. The SMILES string of the molecule is CC(C)C(CCO)NC(=O)NCCc1c[nH]c2ccc(F)cc12. The van der Waals surface area contributed by atoms with E-state index >= 15 is 0 Å². The van der Waals surface area contributed by atoms with Gasteiger partial charge in [0, 0.05) is 36.3 Å². The summed E-state index contributed by atoms with van der Waals surface area (Å²) in [4.78, 5) is 15.0. The number of benzene rings is 1. The molecule has 0 bridgehead atoms. The van der Waals surface area contributed by atoms with E-state index in [4.69, 9.17) is 5.11 Å². The van der Waals surface area contributed by atoms with Gasteiger partial charge in [-0.1, -0.05) is 13.8 Å². The van der Waals surface area contributed by atoms with Crippen LogP contribution in [0.15, 0.2) is 24.4 Å². The van der Waals surface area contributed by atoms with E-state index in [1.54, 1.807) is 6.07 Å². The van der Waals surface area contributed by atoms with E-state index < -0.39 is 0 Å². The van der Waals surface area contributed by atoms with Gasteiger partial charge in [-0.05, 0) is 42.5 Å². The maximum Gasteiger partial charge on any atom is 0.315 e. The highest BCUT2D eigenvalue weighted by atomic mass is 19.1. The summed E-state index contributed by atoms with van der Waals surface area (Å²) in [7, 11) is 0. The number of carbonyl (C=O) groups excluding carboxylic acids is 1. The number of H-pyrrole nitrogens is 1. The predicted molar refractivity (Wildman–Crippen MR) is 88.8 cm³/mol. The van der Waals surface area contributed by atoms with E-state index in [1.165, 1.54) is 12.1 Å². The molecule has 23 heavy (non-hydrogen) atoms. The number of aliphatic hydroxyl groups excluding tert-OH is 1. The average Bonchev–Trinajstić information content (AvgIpc) is 2.89. The zero-order valence-corrected chi connectivity index (χ0v) is 13.5. The summed E-state index contributed by atoms with van der Waals surface area (Å²) < 4.78 is 13.3. The van der Waals surface area contributed by atoms with E-state index in [-0.39, 0.29) is 30.4 Å². The average molecular weight is 321 g/mol. The molecular formula is C17H24FN3O2. The molecule has 2 rings (SSSR count). The Kier molecular flexibility index (Phi) is 5.98. The van der Waals surface area contributed by atoms with Gasteiger partial charge in [-0.15, -0.1) is 0 Å². The van der Waals surface area contributed by atoms with Gasteiger partial charge in [0.25, 0.3) is 0 Å². The van der Waals surface area contributed by atoms with E-state index in [0.717, 1.165) is 16.5 Å². The molecule has 1 unspecified atom stereocenters. The lowest BCUT2D eigenvalue weighted by molar-refractivity contribution is 0.219. The van der Waals surface area contributed by atoms with Crippen LogP contribution in [-0.2, 0) is 6.42 Å². The summed E-state index contributed by atoms with van der Waals surface area (Å²) in [6.45, 7) is 4.51. The van der Waals surface area contributed by atoms with Crippen molar-refractivity contribution < 1.29 is 14.3 Å². The molecule has 2 aromatic rings. The molecule has 0 aliphatic heterocycles. The molecular weight excluding hydrogens is 297 g/mol. The quantitative estimate of drug-likeness (QED) is 0.632. The van der Waals surface area contributed by atoms with Crippen molar-refractivity contribution in [3.05, 3.63) is 35.8 Å². The monoisotopic (exact) mass is 321 g/mol. The van der Waals surface area contributed by atoms with Crippen molar-refractivity contribution in [1.29, 1.82) is 0 Å². The Labute approximate surface area is 135 Å². The minimum atomic E-state index is -0.271. The summed E-state index contributed by atoms with van der Waals surface area (Å²) in [6.07, 6.45) is 2.99. The third-order valence-electron chi connectivity index (χ3n) is 3.97. The Morgan fingerprint density at radius 1 is 1.39 bits per heavy atom. The first-order chi connectivity index (χ1) is 11.0. The van der Waals surface area contributed by atoms with Gasteiger partial charge >= 0.3 is 6.03 Å². The highest BCUT2D eigenvalue weighted by Crippen LogP contribution is 2.19. The Morgan fingerprint density at radius 3 is 2.87 bits per heavy atom. The molecule has 0 spiro atoms. The Balaban J connectivity index is 1.86. The lowest BCUT2D eigenvalue weighted by atomic mass is 10.0. The van der Waals surface area contributed by atoms with Crippen LogP contribution >= 0.6 is 0 Å². The number of amides is 2. The first-order valence-electron chi connectivity index (χ1n) is 7.92. The van der Waals surface area contributed by atoms with Crippen molar-refractivity contribution in [1.82, 2.24) is 15.6 Å². The van der Waals surface area contributed by atoms with Gasteiger partial charge in [-0.2, -0.15) is 0 Å². The third-order valence-corrected chi connectivity index (χ3v) is 3.97. The number of nitrogens with one attached hydrogen (secondary N) is 3. The van der Waals surface area contributed by atoms with Crippen molar-refractivity contribution in [2.45, 2.75) is 32.7 Å². The number of hydrogen-bond donors (Lipinski definition) is 4. The highest BCUT2D eigenvalue weighted by molar-refractivity contribution is 5.83. The minimum Gasteiger partial charge on any atom is -0.396 e. The molecule has 0 saturated heterocycles. The van der Waals surface area contributed by atoms with Crippen LogP contribution in [0.5, 0.6) is 0 Å². The standard InChI is InChI=1S/C17H24FN3O2/c1-11(2)15(6-8-22)21-17(23)19-7-5-12-10-20-16-4-3-13(18)9-14(12)16/h3-4,9-11,15,20,22H,5-8H2,1-2H3,(H2,19,21,23). The van der Waals surface area contributed by atoms with Gasteiger partial charge in [-0.3, -0.25) is 0 Å². The fraction of sp³-hybridized carbons (Fsp3) is 0.471. The van der Waals surface area contributed by atoms with Gasteiger partial charge < -0.3 is 20.7 Å². The van der Waals surface area contributed by atoms with Gasteiger partial charge in [0.05, 0.1) is 0 Å². The molecule has 0 aliphatic rings. The van der Waals surface area contributed by atoms with Crippen LogP contribution in [0.3, 0.4) is 0 Å². The zero-order valence-electron chi connectivity index (χ0n) is 13.5. The summed E-state index contributed by atoms with van der Waals surface area (Å²) in [5.74, 6) is -0.0164. The lowest BCUT2D eigenvalue weighted by Crippen LogP contribution is -2.45. The lowest BCUT2D eigenvalue weighted by Gasteiger charge is -2.21. The van der Waals surface area contributed by atoms with Crippen LogP contribution in [0, 0.1) is 11.7 Å². The highest BCUT2D eigenvalue weighted by Gasteiger charge is 2.15. The van der Waals surface area contributed by atoms with Crippen molar-refractivity contribution >= 4 is 16.9 Å². The molecule has 126 valence electrons. The second kappa shape index (κ2) is 7.97. The Bertz CT molecular complexity index is 654. The molecule has 6 heteroatoms. The molecule has 0 fully saturated rings. The first kappa shape index (κ1) is 17.3. The van der Waals surface area contributed by atoms with Gasteiger partial charge in [0.1, 0.15) is 5.82 Å². The predicted octanol–water partition coefficient (Wildman–Crippen LogP) is 2.56. The van der Waals surface area contributed by atoms with Gasteiger partial charge in [0.15, 0.2) is 0 Å². The molecule has 1 heterocycles. The van der Waals surface area contributed by atoms with Crippen molar-refractivity contribution in [2.24, 2.45) is 5.92 Å². The second-order valence-corrected chi connectivity index (χ2v) is 6.02. The van der Waals surface area contributed by atoms with E-state index in [9.17, 15) is 9.18 Å². The van der Waals surface area contributed by atoms with Crippen molar-refractivity contribution in [2.75, 3.05) is 13.2 Å². The maximum absolute atomic E-state index is 13.3. The van der Waals surface area contributed by atoms with Gasteiger partial charge in [0.2, 0.25) is 0 Å². The maximum atomic E-state index is 13.3. The number of aliphatic hydroxyl groups is 1. The number of halogens is 1. The van der Waals surface area contributed by atoms with Crippen LogP contribution in [0.25, 0.3) is 10.9 Å². The van der Waals surface area contributed by atoms with E-state index in [1.807, 2.05) is 20.0 Å². The second-order valence-electron chi connectivity index (χ2n) is 6.02. The van der Waals surface area contributed by atoms with Crippen LogP contribution < -0.4 is 10.6 Å². The molecule has 5 nitrogen and oxygen atoms in total. The topological polar surface area (TPSA) is 77.2 Å². The van der Waals surface area contributed by atoms with Crippen LogP contribution in [0.4, 0.5) is 9.18 Å². The smallest absolute Gasteiger partial charge is 0.315 e. The number of hydrogen-bond acceptors (Lipinski definition) is 2. The fourth-order valence-electron chi connectivity index (χ4n) is 2.60. The summed E-state index contributed by atoms with van der Waals surface area (Å²) in [5.41, 5.74) is 1.85. The Morgan fingerprint density at radius 2 is 2.17 bits per heavy atom. The van der Waals surface area contributed by atoms with E-state index in [0.29, 0.717) is 19.4 Å². The third kappa shape index (κ3) is 4.69. The van der Waals surface area contributed by atoms with Crippen LogP contribution in [-0.4, -0.2) is 35.3 Å². The Hall–Kier alpha value is -2.08. The number of carbonyl (C=O) groups is 1. The van der Waals surface area contributed by atoms with Crippen LogP contribution in [0.1, 0.15) is 25.8 Å². The van der Waals surface area contributed by atoms with Crippen molar-refractivity contribution in [3.8, 4) is 0 Å². The molecule has 1 atom stereocenters. The fourth-order valence-corrected chi connectivity index (χ4v) is 2.60. The molecule has 0 saturated carbocycles. The van der Waals surface area contributed by atoms with Crippen LogP contribution in [0.2, 0.25) is 0 Å². The summed E-state index contributed by atoms with van der Waals surface area (Å²) >= 11 is 0. The van der Waals surface area contributed by atoms with Gasteiger partial charge in [-0.25, -0.2) is 9.18 Å². The van der Waals surface area contributed by atoms with Crippen molar-refractivity contribution in [3.63, 3.8) is 0 Å². The number of urea groups is 1. The number of aromatic amines is 1. The molecule has 1 aromatic heterocycles. The molecule has 0 radical (unpaired) electrons. The molecule has 2 amide bonds. The minimum absolute atomic E-state index is 0.0457.